The van der Waals surface area contributed by atoms with Crippen molar-refractivity contribution in [3.8, 4) is 0 Å². The summed E-state index contributed by atoms with van der Waals surface area (Å²) < 4.78 is 5.04. The second-order valence-corrected chi connectivity index (χ2v) is 7.11. The molecule has 0 bridgehead atoms. The van der Waals surface area contributed by atoms with Crippen LogP contribution in [0.2, 0.25) is 5.02 Å². The number of hydrogen-bond donors (Lipinski definition) is 1. The average Bonchev–Trinajstić information content (AvgIpc) is 2.33. The van der Waals surface area contributed by atoms with Gasteiger partial charge in [0.15, 0.2) is 0 Å². The molecule has 0 aliphatic heterocycles. The average molecular weight is 302 g/mol. The highest BCUT2D eigenvalue weighted by Gasteiger charge is 2.09. The van der Waals surface area contributed by atoms with E-state index in [-0.39, 0.29) is 5.54 Å². The smallest absolute Gasteiger partial charge is 0.0545 e. The number of hydrogen-bond acceptors (Lipinski definition) is 3. The van der Waals surface area contributed by atoms with Crippen LogP contribution in [-0.4, -0.2) is 25.0 Å². The minimum atomic E-state index is 0.125. The molecule has 0 saturated carbocycles. The number of methoxy groups -OCH3 is 1. The molecule has 0 amide bonds. The van der Waals surface area contributed by atoms with Crippen molar-refractivity contribution in [3.05, 3.63) is 28.8 Å². The van der Waals surface area contributed by atoms with Gasteiger partial charge in [0.05, 0.1) is 5.02 Å². The maximum atomic E-state index is 6.31. The van der Waals surface area contributed by atoms with Gasteiger partial charge in [-0.05, 0) is 44.9 Å². The van der Waals surface area contributed by atoms with E-state index in [9.17, 15) is 0 Å². The van der Waals surface area contributed by atoms with Crippen LogP contribution in [0.4, 0.5) is 0 Å². The van der Waals surface area contributed by atoms with E-state index in [4.69, 9.17) is 16.3 Å². The zero-order valence-corrected chi connectivity index (χ0v) is 13.8. The lowest BCUT2D eigenvalue weighted by molar-refractivity contribution is 0.200. The summed E-state index contributed by atoms with van der Waals surface area (Å²) in [6.07, 6.45) is 1.05. The predicted molar refractivity (Wildman–Crippen MR) is 85.3 cm³/mol. The Morgan fingerprint density at radius 1 is 1.32 bits per heavy atom. The molecule has 0 unspecified atom stereocenters. The maximum Gasteiger partial charge on any atom is 0.0545 e. The van der Waals surface area contributed by atoms with Gasteiger partial charge in [0.1, 0.15) is 0 Å². The third-order valence-electron chi connectivity index (χ3n) is 2.57. The van der Waals surface area contributed by atoms with E-state index in [1.807, 2.05) is 0 Å². The first-order valence-corrected chi connectivity index (χ1v) is 7.94. The Morgan fingerprint density at radius 2 is 2.05 bits per heavy atom. The summed E-state index contributed by atoms with van der Waals surface area (Å²) in [5.41, 5.74) is 1.35. The van der Waals surface area contributed by atoms with E-state index < -0.39 is 0 Å². The monoisotopic (exact) mass is 301 g/mol. The molecule has 1 N–H and O–H groups in total. The van der Waals surface area contributed by atoms with Crippen molar-refractivity contribution >= 4 is 23.4 Å². The zero-order chi connectivity index (χ0) is 14.3. The van der Waals surface area contributed by atoms with Gasteiger partial charge in [-0.2, -0.15) is 0 Å². The molecule has 0 spiro atoms. The highest BCUT2D eigenvalue weighted by atomic mass is 35.5. The third kappa shape index (κ3) is 7.21. The molecule has 0 heterocycles. The summed E-state index contributed by atoms with van der Waals surface area (Å²) in [6.45, 7) is 8.13. The van der Waals surface area contributed by atoms with E-state index >= 15 is 0 Å². The Morgan fingerprint density at radius 3 is 2.63 bits per heavy atom. The van der Waals surface area contributed by atoms with Crippen LogP contribution in [0.5, 0.6) is 0 Å². The lowest BCUT2D eigenvalue weighted by Gasteiger charge is -2.20. The first-order chi connectivity index (χ1) is 8.92. The molecule has 0 atom stereocenters. The van der Waals surface area contributed by atoms with Gasteiger partial charge < -0.3 is 10.1 Å². The molecule has 0 fully saturated rings. The minimum absolute atomic E-state index is 0.125. The van der Waals surface area contributed by atoms with Crippen LogP contribution in [0.25, 0.3) is 0 Å². The Bertz CT molecular complexity index is 390. The molecule has 0 radical (unpaired) electrons. The Labute approximate surface area is 126 Å². The van der Waals surface area contributed by atoms with Crippen molar-refractivity contribution in [1.29, 1.82) is 0 Å². The van der Waals surface area contributed by atoms with Crippen LogP contribution in [0.3, 0.4) is 0 Å². The van der Waals surface area contributed by atoms with Crippen LogP contribution in [0.1, 0.15) is 32.8 Å². The van der Waals surface area contributed by atoms with Crippen LogP contribution < -0.4 is 5.32 Å². The summed E-state index contributed by atoms with van der Waals surface area (Å²) in [6, 6.07) is 6.31. The minimum Gasteiger partial charge on any atom is -0.385 e. The largest absolute Gasteiger partial charge is 0.385 e. The number of thioether (sulfide) groups is 1. The first-order valence-electron chi connectivity index (χ1n) is 6.57. The fraction of sp³-hybridized carbons (Fsp3) is 0.600. The van der Waals surface area contributed by atoms with Crippen LogP contribution >= 0.6 is 23.4 Å². The van der Waals surface area contributed by atoms with Crippen molar-refractivity contribution < 1.29 is 4.74 Å². The number of nitrogens with one attached hydrogen (secondary N) is 1. The second-order valence-electron chi connectivity index (χ2n) is 5.56. The van der Waals surface area contributed by atoms with Crippen molar-refractivity contribution in [2.45, 2.75) is 44.2 Å². The molecule has 1 rings (SSSR count). The van der Waals surface area contributed by atoms with Gasteiger partial charge in [-0.1, -0.05) is 17.7 Å². The van der Waals surface area contributed by atoms with Crippen LogP contribution in [-0.2, 0) is 11.3 Å². The lowest BCUT2D eigenvalue weighted by Crippen LogP contribution is -2.35. The normalized spacial score (nSPS) is 11.8. The highest BCUT2D eigenvalue weighted by molar-refractivity contribution is 7.99. The molecule has 0 aliphatic carbocycles. The summed E-state index contributed by atoms with van der Waals surface area (Å²) in [5, 5.41) is 4.31. The molecule has 108 valence electrons. The summed E-state index contributed by atoms with van der Waals surface area (Å²) >= 11 is 8.10. The van der Waals surface area contributed by atoms with E-state index in [0.717, 1.165) is 35.2 Å². The Hall–Kier alpha value is -0.220. The summed E-state index contributed by atoms with van der Waals surface area (Å²) in [4.78, 5) is 1.15. The summed E-state index contributed by atoms with van der Waals surface area (Å²) in [5.74, 6) is 1.03. The quantitative estimate of drug-likeness (QED) is 0.597. The van der Waals surface area contributed by atoms with Gasteiger partial charge in [0.2, 0.25) is 0 Å². The van der Waals surface area contributed by atoms with E-state index in [1.54, 1.807) is 18.9 Å². The molecule has 1 aromatic carbocycles. The second kappa shape index (κ2) is 8.15. The Balaban J connectivity index is 2.49. The molecule has 2 nitrogen and oxygen atoms in total. The topological polar surface area (TPSA) is 21.3 Å². The van der Waals surface area contributed by atoms with Crippen molar-refractivity contribution in [2.75, 3.05) is 19.5 Å². The van der Waals surface area contributed by atoms with E-state index in [0.29, 0.717) is 0 Å². The standard InChI is InChI=1S/C15H24ClNOS/c1-15(2,3)17-11-12-6-7-14(13(16)10-12)19-9-5-8-18-4/h6-7,10,17H,5,8-9,11H2,1-4H3. The van der Waals surface area contributed by atoms with E-state index in [2.05, 4.69) is 44.3 Å². The van der Waals surface area contributed by atoms with Crippen molar-refractivity contribution in [2.24, 2.45) is 0 Å². The maximum absolute atomic E-state index is 6.31. The predicted octanol–water partition coefficient (Wildman–Crippen LogP) is 4.36. The molecule has 19 heavy (non-hydrogen) atoms. The van der Waals surface area contributed by atoms with Crippen molar-refractivity contribution in [1.82, 2.24) is 5.32 Å². The van der Waals surface area contributed by atoms with Crippen molar-refractivity contribution in [3.63, 3.8) is 0 Å². The van der Waals surface area contributed by atoms with Gasteiger partial charge in [-0.25, -0.2) is 0 Å². The molecular weight excluding hydrogens is 278 g/mol. The van der Waals surface area contributed by atoms with Crippen LogP contribution in [0, 0.1) is 0 Å². The SMILES string of the molecule is COCCCSc1ccc(CNC(C)(C)C)cc1Cl. The third-order valence-corrected chi connectivity index (χ3v) is 4.15. The van der Waals surface area contributed by atoms with Gasteiger partial charge >= 0.3 is 0 Å². The summed E-state index contributed by atoms with van der Waals surface area (Å²) in [7, 11) is 1.73. The molecular formula is C15H24ClNOS. The molecule has 4 heteroatoms. The molecule has 0 saturated heterocycles. The van der Waals surface area contributed by atoms with Gasteiger partial charge in [0.25, 0.3) is 0 Å². The number of halogens is 1. The molecule has 0 aromatic heterocycles. The Kier molecular flexibility index (Phi) is 7.22. The van der Waals surface area contributed by atoms with Crippen LogP contribution in [0.15, 0.2) is 23.1 Å². The van der Waals surface area contributed by atoms with Gasteiger partial charge in [0, 0.05) is 36.4 Å². The number of benzene rings is 1. The fourth-order valence-corrected chi connectivity index (χ4v) is 2.73. The number of rotatable bonds is 7. The van der Waals surface area contributed by atoms with E-state index in [1.165, 1.54) is 5.56 Å². The first kappa shape index (κ1) is 16.8. The molecule has 0 aliphatic rings. The number of ether oxygens (including phenoxy) is 1. The van der Waals surface area contributed by atoms with Gasteiger partial charge in [-0.15, -0.1) is 11.8 Å². The molecule has 1 aromatic rings. The zero-order valence-electron chi connectivity index (χ0n) is 12.3. The highest BCUT2D eigenvalue weighted by Crippen LogP contribution is 2.28. The fourth-order valence-electron chi connectivity index (χ4n) is 1.52. The lowest BCUT2D eigenvalue weighted by atomic mass is 10.1. The van der Waals surface area contributed by atoms with Gasteiger partial charge in [-0.3, -0.25) is 0 Å².